The number of halogens is 2. The first-order valence-corrected chi connectivity index (χ1v) is 7.88. The molecule has 2 rings (SSSR count). The molecule has 4 nitrogen and oxygen atoms in total. The van der Waals surface area contributed by atoms with Crippen LogP contribution in [-0.2, 0) is 4.79 Å². The van der Waals surface area contributed by atoms with E-state index < -0.39 is 0 Å². The Morgan fingerprint density at radius 1 is 1.33 bits per heavy atom. The highest BCUT2D eigenvalue weighted by molar-refractivity contribution is 5.86. The summed E-state index contributed by atoms with van der Waals surface area (Å²) in [6, 6.07) is 0. The largest absolute Gasteiger partial charge is 0.354 e. The highest BCUT2D eigenvalue weighted by Gasteiger charge is 2.38. The van der Waals surface area contributed by atoms with E-state index in [0.717, 1.165) is 44.7 Å². The van der Waals surface area contributed by atoms with Crippen molar-refractivity contribution in [2.45, 2.75) is 51.0 Å². The second-order valence-corrected chi connectivity index (χ2v) is 6.26. The number of rotatable bonds is 5. The maximum atomic E-state index is 12.3. The molecular formula is C15H31Cl2N3O. The lowest BCUT2D eigenvalue weighted by Crippen LogP contribution is -2.53. The number of hydrogen-bond acceptors (Lipinski definition) is 3. The first-order valence-electron chi connectivity index (χ1n) is 7.88. The van der Waals surface area contributed by atoms with Crippen molar-refractivity contribution in [3.63, 3.8) is 0 Å². The van der Waals surface area contributed by atoms with Crippen LogP contribution in [0.25, 0.3) is 0 Å². The number of amides is 1. The Balaban J connectivity index is 0.00000200. The van der Waals surface area contributed by atoms with E-state index in [2.05, 4.69) is 29.5 Å². The molecule has 0 aromatic carbocycles. The number of nitrogens with zero attached hydrogens (tertiary/aromatic N) is 1. The zero-order valence-electron chi connectivity index (χ0n) is 13.3. The fourth-order valence-corrected chi connectivity index (χ4v) is 3.37. The third kappa shape index (κ3) is 5.59. The molecule has 0 aromatic rings. The molecule has 1 amide bonds. The van der Waals surface area contributed by atoms with Crippen molar-refractivity contribution in [2.24, 2.45) is 5.92 Å². The molecule has 2 fully saturated rings. The monoisotopic (exact) mass is 339 g/mol. The quantitative estimate of drug-likeness (QED) is 0.807. The van der Waals surface area contributed by atoms with E-state index >= 15 is 0 Å². The van der Waals surface area contributed by atoms with Crippen molar-refractivity contribution in [2.75, 3.05) is 33.2 Å². The Hall–Kier alpha value is -0.0300. The van der Waals surface area contributed by atoms with Gasteiger partial charge in [0.2, 0.25) is 5.91 Å². The molecular weight excluding hydrogens is 309 g/mol. The lowest BCUT2D eigenvalue weighted by Gasteiger charge is -2.30. The summed E-state index contributed by atoms with van der Waals surface area (Å²) < 4.78 is 0. The first-order chi connectivity index (χ1) is 9.16. The van der Waals surface area contributed by atoms with Crippen LogP contribution >= 0.6 is 24.8 Å². The Morgan fingerprint density at radius 2 is 2.00 bits per heavy atom. The van der Waals surface area contributed by atoms with Gasteiger partial charge in [0.05, 0.1) is 5.54 Å². The molecule has 2 aliphatic heterocycles. The minimum absolute atomic E-state index is 0. The minimum Gasteiger partial charge on any atom is -0.354 e. The van der Waals surface area contributed by atoms with E-state index in [4.69, 9.17) is 0 Å². The van der Waals surface area contributed by atoms with Crippen LogP contribution in [-0.4, -0.2) is 49.6 Å². The molecule has 1 atom stereocenters. The predicted octanol–water partition coefficient (Wildman–Crippen LogP) is 2.21. The number of carbonyl (C=O) groups excluding carboxylic acids is 1. The molecule has 2 aliphatic rings. The van der Waals surface area contributed by atoms with Crippen LogP contribution in [0.4, 0.5) is 0 Å². The maximum absolute atomic E-state index is 12.3. The van der Waals surface area contributed by atoms with Crippen LogP contribution in [0.5, 0.6) is 0 Å². The fraction of sp³-hybridized carbons (Fsp3) is 0.933. The third-order valence-corrected chi connectivity index (χ3v) is 4.96. The van der Waals surface area contributed by atoms with E-state index in [0.29, 0.717) is 0 Å². The van der Waals surface area contributed by atoms with Crippen LogP contribution in [0.2, 0.25) is 0 Å². The van der Waals surface area contributed by atoms with Crippen molar-refractivity contribution in [3.8, 4) is 0 Å². The van der Waals surface area contributed by atoms with Gasteiger partial charge < -0.3 is 15.5 Å². The molecule has 0 saturated carbocycles. The Bertz CT molecular complexity index is 301. The highest BCUT2D eigenvalue weighted by Crippen LogP contribution is 2.23. The standard InChI is InChI=1S/C15H29N3O.2ClH/c1-3-15(8-4-9-17-15)14(19)16-10-5-13-6-11-18(2)12-7-13;;/h13,17H,3-12H2,1-2H3,(H,16,19);2*1H. The van der Waals surface area contributed by atoms with Crippen molar-refractivity contribution in [3.05, 3.63) is 0 Å². The molecule has 0 spiro atoms. The summed E-state index contributed by atoms with van der Waals surface area (Å²) in [6.07, 6.45) is 6.71. The average Bonchev–Trinajstić information content (AvgIpc) is 2.91. The van der Waals surface area contributed by atoms with Crippen molar-refractivity contribution >= 4 is 30.7 Å². The molecule has 1 unspecified atom stereocenters. The van der Waals surface area contributed by atoms with E-state index in [1.54, 1.807) is 0 Å². The fourth-order valence-electron chi connectivity index (χ4n) is 3.37. The van der Waals surface area contributed by atoms with Crippen molar-refractivity contribution in [1.82, 2.24) is 15.5 Å². The first kappa shape index (κ1) is 21.0. The zero-order chi connectivity index (χ0) is 13.7. The van der Waals surface area contributed by atoms with Crippen LogP contribution in [0.1, 0.15) is 45.4 Å². The summed E-state index contributed by atoms with van der Waals surface area (Å²) in [5.74, 6) is 1.02. The smallest absolute Gasteiger partial charge is 0.240 e. The van der Waals surface area contributed by atoms with Gasteiger partial charge in [0.25, 0.3) is 0 Å². The van der Waals surface area contributed by atoms with Crippen LogP contribution in [0.15, 0.2) is 0 Å². The molecule has 0 aliphatic carbocycles. The predicted molar refractivity (Wildman–Crippen MR) is 92.6 cm³/mol. The summed E-state index contributed by atoms with van der Waals surface area (Å²) in [5, 5.41) is 6.55. The van der Waals surface area contributed by atoms with E-state index in [1.165, 1.54) is 25.9 Å². The summed E-state index contributed by atoms with van der Waals surface area (Å²) >= 11 is 0. The molecule has 6 heteroatoms. The van der Waals surface area contributed by atoms with Crippen molar-refractivity contribution < 1.29 is 4.79 Å². The summed E-state index contributed by atoms with van der Waals surface area (Å²) in [6.45, 7) is 6.35. The van der Waals surface area contributed by atoms with Gasteiger partial charge in [-0.25, -0.2) is 0 Å². The average molecular weight is 340 g/mol. The van der Waals surface area contributed by atoms with Gasteiger partial charge >= 0.3 is 0 Å². The van der Waals surface area contributed by atoms with Gasteiger partial charge in [-0.05, 0) is 71.1 Å². The maximum Gasteiger partial charge on any atom is 0.240 e. The van der Waals surface area contributed by atoms with E-state index in [9.17, 15) is 4.79 Å². The highest BCUT2D eigenvalue weighted by atomic mass is 35.5. The topological polar surface area (TPSA) is 44.4 Å². The SMILES string of the molecule is CCC1(C(=O)NCCC2CCN(C)CC2)CCCN1.Cl.Cl. The molecule has 2 N–H and O–H groups in total. The van der Waals surface area contributed by atoms with Gasteiger partial charge in [-0.15, -0.1) is 24.8 Å². The number of carbonyl (C=O) groups is 1. The molecule has 2 saturated heterocycles. The van der Waals surface area contributed by atoms with Gasteiger partial charge in [0, 0.05) is 6.54 Å². The Labute approximate surface area is 141 Å². The van der Waals surface area contributed by atoms with Crippen LogP contribution in [0, 0.1) is 5.92 Å². The molecule has 21 heavy (non-hydrogen) atoms. The normalized spacial score (nSPS) is 26.8. The number of likely N-dealkylation sites (tertiary alicyclic amines) is 1. The third-order valence-electron chi connectivity index (χ3n) is 4.96. The second-order valence-electron chi connectivity index (χ2n) is 6.26. The Morgan fingerprint density at radius 3 is 2.52 bits per heavy atom. The van der Waals surface area contributed by atoms with E-state index in [-0.39, 0.29) is 36.3 Å². The summed E-state index contributed by atoms with van der Waals surface area (Å²) in [5.41, 5.74) is -0.271. The van der Waals surface area contributed by atoms with Gasteiger partial charge in [0.1, 0.15) is 0 Å². The molecule has 0 radical (unpaired) electrons. The van der Waals surface area contributed by atoms with Crippen molar-refractivity contribution in [1.29, 1.82) is 0 Å². The molecule has 0 aromatic heterocycles. The van der Waals surface area contributed by atoms with Gasteiger partial charge in [-0.1, -0.05) is 6.92 Å². The van der Waals surface area contributed by atoms with Gasteiger partial charge in [-0.2, -0.15) is 0 Å². The number of piperidine rings is 1. The van der Waals surface area contributed by atoms with E-state index in [1.807, 2.05) is 0 Å². The second kappa shape index (κ2) is 9.88. The summed E-state index contributed by atoms with van der Waals surface area (Å²) in [7, 11) is 2.19. The molecule has 126 valence electrons. The minimum atomic E-state index is -0.271. The lowest BCUT2D eigenvalue weighted by molar-refractivity contribution is -0.127. The zero-order valence-corrected chi connectivity index (χ0v) is 15.0. The van der Waals surface area contributed by atoms with Crippen LogP contribution in [0.3, 0.4) is 0 Å². The number of hydrogen-bond donors (Lipinski definition) is 2. The van der Waals surface area contributed by atoms with Gasteiger partial charge in [-0.3, -0.25) is 4.79 Å². The summed E-state index contributed by atoms with van der Waals surface area (Å²) in [4.78, 5) is 14.7. The Kier molecular flexibility index (Phi) is 9.87. The number of nitrogens with one attached hydrogen (secondary N) is 2. The van der Waals surface area contributed by atoms with Crippen LogP contribution < -0.4 is 10.6 Å². The molecule has 2 heterocycles. The van der Waals surface area contributed by atoms with Gasteiger partial charge in [0.15, 0.2) is 0 Å². The lowest BCUT2D eigenvalue weighted by atomic mass is 9.92. The molecule has 0 bridgehead atoms.